The monoisotopic (exact) mass is 385 g/mol. The predicted molar refractivity (Wildman–Crippen MR) is 112 cm³/mol. The molecule has 0 spiro atoms. The number of nitrogens with two attached hydrogens (primary N) is 1. The van der Waals surface area contributed by atoms with Crippen molar-refractivity contribution in [3.63, 3.8) is 0 Å². The fourth-order valence-electron chi connectivity index (χ4n) is 3.03. The highest BCUT2D eigenvalue weighted by molar-refractivity contribution is 6.30. The lowest BCUT2D eigenvalue weighted by molar-refractivity contribution is -0.129. The van der Waals surface area contributed by atoms with Crippen LogP contribution < -0.4 is 16.0 Å². The van der Waals surface area contributed by atoms with Gasteiger partial charge in [0.2, 0.25) is 5.91 Å². The van der Waals surface area contributed by atoms with E-state index in [1.165, 1.54) is 0 Å². The summed E-state index contributed by atoms with van der Waals surface area (Å²) in [6, 6.07) is 15.6. The van der Waals surface area contributed by atoms with Gasteiger partial charge in [-0.3, -0.25) is 4.79 Å². The first-order chi connectivity index (χ1) is 13.0. The second-order valence-corrected chi connectivity index (χ2v) is 6.98. The van der Waals surface area contributed by atoms with Crippen molar-refractivity contribution in [3.05, 3.63) is 59.1 Å². The Morgan fingerprint density at radius 3 is 2.52 bits per heavy atom. The number of carbonyl (C=O) groups is 1. The largest absolute Gasteiger partial charge is 0.370 e. The number of nitrogens with one attached hydrogen (secondary N) is 1. The second-order valence-electron chi connectivity index (χ2n) is 6.54. The maximum atomic E-state index is 12.4. The number of anilines is 2. The molecule has 0 radical (unpaired) electrons. The molecule has 0 aromatic heterocycles. The Labute approximate surface area is 164 Å². The molecule has 1 amide bonds. The molecule has 0 saturated carbocycles. The predicted octanol–water partition coefficient (Wildman–Crippen LogP) is 2.72. The van der Waals surface area contributed by atoms with Crippen LogP contribution >= 0.6 is 11.6 Å². The van der Waals surface area contributed by atoms with Gasteiger partial charge in [0, 0.05) is 42.6 Å². The summed E-state index contributed by atoms with van der Waals surface area (Å²) in [5.74, 6) is 0.230. The van der Waals surface area contributed by atoms with E-state index in [-0.39, 0.29) is 18.4 Å². The lowest BCUT2D eigenvalue weighted by Crippen LogP contribution is -2.49. The number of amides is 1. The summed E-state index contributed by atoms with van der Waals surface area (Å²) in [5.41, 5.74) is 9.00. The third-order valence-electron chi connectivity index (χ3n) is 4.50. The molecule has 2 aromatic carbocycles. The molecule has 3 N–H and O–H groups in total. The lowest BCUT2D eigenvalue weighted by Gasteiger charge is -2.36. The van der Waals surface area contributed by atoms with Crippen molar-refractivity contribution in [2.24, 2.45) is 10.7 Å². The number of hydrogen-bond acceptors (Lipinski definition) is 3. The molecule has 0 atom stereocenters. The van der Waals surface area contributed by atoms with E-state index in [4.69, 9.17) is 17.3 Å². The highest BCUT2D eigenvalue weighted by Crippen LogP contribution is 2.19. The normalized spacial score (nSPS) is 15.0. The highest BCUT2D eigenvalue weighted by Gasteiger charge is 2.21. The van der Waals surface area contributed by atoms with Crippen LogP contribution in [0.4, 0.5) is 11.4 Å². The molecule has 27 heavy (non-hydrogen) atoms. The minimum absolute atomic E-state index is 0.0141. The number of aryl methyl sites for hydroxylation is 1. The summed E-state index contributed by atoms with van der Waals surface area (Å²) in [4.78, 5) is 20.6. The summed E-state index contributed by atoms with van der Waals surface area (Å²) in [6.45, 7) is 4.96. The van der Waals surface area contributed by atoms with Gasteiger partial charge in [0.25, 0.3) is 0 Å². The molecule has 0 aliphatic carbocycles. The molecular formula is C20H24ClN5O. The fourth-order valence-corrected chi connectivity index (χ4v) is 3.15. The first-order valence-electron chi connectivity index (χ1n) is 8.93. The van der Waals surface area contributed by atoms with Crippen molar-refractivity contribution in [2.45, 2.75) is 6.92 Å². The van der Waals surface area contributed by atoms with E-state index in [2.05, 4.69) is 15.2 Å². The molecular weight excluding hydrogens is 362 g/mol. The Bertz CT molecular complexity index is 813. The maximum Gasteiger partial charge on any atom is 0.244 e. The number of rotatable bonds is 4. The molecule has 0 bridgehead atoms. The van der Waals surface area contributed by atoms with Gasteiger partial charge in [0.1, 0.15) is 6.54 Å². The first kappa shape index (κ1) is 19.0. The van der Waals surface area contributed by atoms with Crippen LogP contribution in [-0.2, 0) is 4.79 Å². The van der Waals surface area contributed by atoms with Crippen LogP contribution in [0, 0.1) is 6.92 Å². The average Bonchev–Trinajstić information content (AvgIpc) is 2.67. The smallest absolute Gasteiger partial charge is 0.244 e. The summed E-state index contributed by atoms with van der Waals surface area (Å²) < 4.78 is 0. The third-order valence-corrected chi connectivity index (χ3v) is 4.75. The summed E-state index contributed by atoms with van der Waals surface area (Å²) in [5, 5.41) is 3.74. The van der Waals surface area contributed by atoms with Gasteiger partial charge in [-0.1, -0.05) is 23.7 Å². The molecule has 6 nitrogen and oxygen atoms in total. The Kier molecular flexibility index (Phi) is 6.19. The Morgan fingerprint density at radius 1 is 1.15 bits per heavy atom. The van der Waals surface area contributed by atoms with Crippen LogP contribution in [0.5, 0.6) is 0 Å². The Hall–Kier alpha value is -2.73. The van der Waals surface area contributed by atoms with E-state index in [1.807, 2.05) is 60.4 Å². The maximum absolute atomic E-state index is 12.4. The molecule has 1 heterocycles. The number of aliphatic imine (C=N–C) groups is 1. The van der Waals surface area contributed by atoms with Crippen molar-refractivity contribution < 1.29 is 4.79 Å². The van der Waals surface area contributed by atoms with E-state index in [0.717, 1.165) is 35.1 Å². The lowest BCUT2D eigenvalue weighted by atomic mass is 10.2. The number of guanidine groups is 1. The summed E-state index contributed by atoms with van der Waals surface area (Å²) in [7, 11) is 0. The number of piperazine rings is 1. The third kappa shape index (κ3) is 5.37. The van der Waals surface area contributed by atoms with Gasteiger partial charge in [-0.05, 0) is 48.9 Å². The number of nitrogens with zero attached hydrogens (tertiary/aromatic N) is 3. The zero-order chi connectivity index (χ0) is 19.2. The van der Waals surface area contributed by atoms with Gasteiger partial charge in [-0.25, -0.2) is 4.99 Å². The van der Waals surface area contributed by atoms with E-state index in [1.54, 1.807) is 0 Å². The second kappa shape index (κ2) is 8.77. The summed E-state index contributed by atoms with van der Waals surface area (Å²) >= 11 is 5.94. The minimum atomic E-state index is -0.0141. The first-order valence-corrected chi connectivity index (χ1v) is 9.31. The number of hydrogen-bond donors (Lipinski definition) is 2. The van der Waals surface area contributed by atoms with Crippen LogP contribution in [0.2, 0.25) is 5.02 Å². The fraction of sp³-hybridized carbons (Fsp3) is 0.300. The zero-order valence-electron chi connectivity index (χ0n) is 15.4. The quantitative estimate of drug-likeness (QED) is 0.627. The molecule has 1 aliphatic heterocycles. The molecule has 3 rings (SSSR count). The standard InChI is InChI=1S/C20H24ClN5O/c1-15-3-2-4-17(13-15)24-20(22)23-14-19(27)26-11-9-25(10-12-26)18-7-5-16(21)6-8-18/h2-8,13H,9-12,14H2,1H3,(H3,22,23,24). The van der Waals surface area contributed by atoms with Gasteiger partial charge in [0.05, 0.1) is 0 Å². The number of carbonyl (C=O) groups excluding carboxylic acids is 1. The van der Waals surface area contributed by atoms with E-state index >= 15 is 0 Å². The van der Waals surface area contributed by atoms with E-state index in [0.29, 0.717) is 13.1 Å². The van der Waals surface area contributed by atoms with Gasteiger partial charge >= 0.3 is 0 Å². The van der Waals surface area contributed by atoms with E-state index in [9.17, 15) is 4.79 Å². The number of benzene rings is 2. The highest BCUT2D eigenvalue weighted by atomic mass is 35.5. The molecule has 142 valence electrons. The molecule has 1 aliphatic rings. The van der Waals surface area contributed by atoms with Gasteiger partial charge in [-0.2, -0.15) is 0 Å². The van der Waals surface area contributed by atoms with Crippen molar-refractivity contribution >= 4 is 34.8 Å². The van der Waals surface area contributed by atoms with Crippen LogP contribution in [0.3, 0.4) is 0 Å². The number of halogens is 1. The summed E-state index contributed by atoms with van der Waals surface area (Å²) in [6.07, 6.45) is 0. The Balaban J connectivity index is 1.48. The SMILES string of the molecule is Cc1cccc(NC(N)=NCC(=O)N2CCN(c3ccc(Cl)cc3)CC2)c1. The Morgan fingerprint density at radius 2 is 1.85 bits per heavy atom. The average molecular weight is 386 g/mol. The molecule has 1 saturated heterocycles. The van der Waals surface area contributed by atoms with Crippen LogP contribution in [-0.4, -0.2) is 49.5 Å². The topological polar surface area (TPSA) is 74.0 Å². The molecule has 2 aromatic rings. The van der Waals surface area contributed by atoms with Crippen LogP contribution in [0.15, 0.2) is 53.5 Å². The molecule has 7 heteroatoms. The van der Waals surface area contributed by atoms with Crippen molar-refractivity contribution in [2.75, 3.05) is 42.9 Å². The van der Waals surface area contributed by atoms with Crippen LogP contribution in [0.25, 0.3) is 0 Å². The molecule has 0 unspecified atom stereocenters. The van der Waals surface area contributed by atoms with Gasteiger partial charge in [-0.15, -0.1) is 0 Å². The molecule has 1 fully saturated rings. The van der Waals surface area contributed by atoms with E-state index < -0.39 is 0 Å². The van der Waals surface area contributed by atoms with Crippen molar-refractivity contribution in [1.29, 1.82) is 0 Å². The van der Waals surface area contributed by atoms with Gasteiger partial charge < -0.3 is 20.9 Å². The van der Waals surface area contributed by atoms with Gasteiger partial charge in [0.15, 0.2) is 5.96 Å². The van der Waals surface area contributed by atoms with Crippen molar-refractivity contribution in [3.8, 4) is 0 Å². The zero-order valence-corrected chi connectivity index (χ0v) is 16.1. The minimum Gasteiger partial charge on any atom is -0.370 e. The van der Waals surface area contributed by atoms with Crippen LogP contribution in [0.1, 0.15) is 5.56 Å². The van der Waals surface area contributed by atoms with Crippen molar-refractivity contribution in [1.82, 2.24) is 4.90 Å².